The van der Waals surface area contributed by atoms with Crippen molar-refractivity contribution < 1.29 is 0 Å². The van der Waals surface area contributed by atoms with Gasteiger partial charge in [0.1, 0.15) is 0 Å². The molecule has 2 atom stereocenters. The molecular formula is C13H27NS2. The van der Waals surface area contributed by atoms with Gasteiger partial charge in [0.15, 0.2) is 0 Å². The summed E-state index contributed by atoms with van der Waals surface area (Å²) in [5, 5.41) is 3.80. The fourth-order valence-corrected chi connectivity index (χ4v) is 4.36. The van der Waals surface area contributed by atoms with Crippen LogP contribution >= 0.6 is 23.5 Å². The fraction of sp³-hybridized carbons (Fsp3) is 1.00. The average molecular weight is 262 g/mol. The van der Waals surface area contributed by atoms with Crippen LogP contribution in [-0.2, 0) is 0 Å². The first-order chi connectivity index (χ1) is 7.53. The first-order valence-corrected chi connectivity index (χ1v) is 8.76. The Morgan fingerprint density at radius 1 is 1.50 bits per heavy atom. The topological polar surface area (TPSA) is 12.0 Å². The molecule has 1 saturated heterocycles. The Bertz CT molecular complexity index is 194. The number of hydrogen-bond donors (Lipinski definition) is 1. The number of nitrogens with one attached hydrogen (secondary N) is 1. The van der Waals surface area contributed by atoms with Gasteiger partial charge in [-0.1, -0.05) is 20.8 Å². The summed E-state index contributed by atoms with van der Waals surface area (Å²) in [5.74, 6) is 5.17. The van der Waals surface area contributed by atoms with Crippen molar-refractivity contribution >= 4 is 23.5 Å². The Morgan fingerprint density at radius 3 is 2.88 bits per heavy atom. The van der Waals surface area contributed by atoms with Crippen LogP contribution in [0.1, 0.15) is 40.5 Å². The molecule has 1 nitrogen and oxygen atoms in total. The highest BCUT2D eigenvalue weighted by Crippen LogP contribution is 2.33. The maximum Gasteiger partial charge on any atom is 0.0166 e. The van der Waals surface area contributed by atoms with Gasteiger partial charge in [0.25, 0.3) is 0 Å². The predicted octanol–water partition coefficient (Wildman–Crippen LogP) is 3.64. The Labute approximate surface area is 110 Å². The van der Waals surface area contributed by atoms with Crippen LogP contribution in [0, 0.1) is 5.41 Å². The predicted molar refractivity (Wildman–Crippen MR) is 79.7 cm³/mol. The van der Waals surface area contributed by atoms with Gasteiger partial charge in [-0.05, 0) is 42.4 Å². The molecule has 0 aliphatic carbocycles. The van der Waals surface area contributed by atoms with Gasteiger partial charge < -0.3 is 5.32 Å². The van der Waals surface area contributed by atoms with Gasteiger partial charge in [-0.3, -0.25) is 0 Å². The van der Waals surface area contributed by atoms with E-state index < -0.39 is 0 Å². The molecule has 1 heterocycles. The molecule has 1 aliphatic heterocycles. The van der Waals surface area contributed by atoms with Crippen LogP contribution in [0.15, 0.2) is 0 Å². The number of rotatable bonds is 6. The lowest BCUT2D eigenvalue weighted by atomic mass is 9.87. The number of thioether (sulfide) groups is 2. The second-order valence-electron chi connectivity index (χ2n) is 5.63. The van der Waals surface area contributed by atoms with E-state index in [-0.39, 0.29) is 0 Å². The molecule has 0 aromatic heterocycles. The van der Waals surface area contributed by atoms with Gasteiger partial charge in [0, 0.05) is 17.8 Å². The largest absolute Gasteiger partial charge is 0.311 e. The quantitative estimate of drug-likeness (QED) is 0.733. The van der Waals surface area contributed by atoms with Gasteiger partial charge in [0.05, 0.1) is 0 Å². The molecule has 0 amide bonds. The highest BCUT2D eigenvalue weighted by molar-refractivity contribution is 7.99. The molecule has 3 heteroatoms. The van der Waals surface area contributed by atoms with Crippen molar-refractivity contribution in [3.63, 3.8) is 0 Å². The van der Waals surface area contributed by atoms with Gasteiger partial charge in [0.2, 0.25) is 0 Å². The Hall–Kier alpha value is 0.660. The molecule has 0 bridgehead atoms. The van der Waals surface area contributed by atoms with Gasteiger partial charge >= 0.3 is 0 Å². The molecule has 1 N–H and O–H groups in total. The maximum absolute atomic E-state index is 3.80. The van der Waals surface area contributed by atoms with Crippen molar-refractivity contribution in [2.75, 3.05) is 23.0 Å². The smallest absolute Gasteiger partial charge is 0.0166 e. The van der Waals surface area contributed by atoms with Crippen LogP contribution in [0.2, 0.25) is 0 Å². The third-order valence-electron chi connectivity index (χ3n) is 3.03. The molecule has 0 radical (unpaired) electrons. The summed E-state index contributed by atoms with van der Waals surface area (Å²) in [6.07, 6.45) is 2.64. The summed E-state index contributed by atoms with van der Waals surface area (Å²) in [6, 6.07) is 1.41. The minimum Gasteiger partial charge on any atom is -0.311 e. The molecule has 2 unspecified atom stereocenters. The fourth-order valence-electron chi connectivity index (χ4n) is 2.26. The van der Waals surface area contributed by atoms with E-state index in [2.05, 4.69) is 56.5 Å². The van der Waals surface area contributed by atoms with Gasteiger partial charge in [-0.2, -0.15) is 23.5 Å². The van der Waals surface area contributed by atoms with Gasteiger partial charge in [-0.25, -0.2) is 0 Å². The van der Waals surface area contributed by atoms with Crippen molar-refractivity contribution in [2.45, 2.75) is 52.6 Å². The normalized spacial score (nSPS) is 26.6. The zero-order valence-corrected chi connectivity index (χ0v) is 12.8. The summed E-state index contributed by atoms with van der Waals surface area (Å²) in [5.41, 5.74) is 0.526. The molecule has 16 heavy (non-hydrogen) atoms. The molecule has 0 saturated carbocycles. The molecule has 0 spiro atoms. The Morgan fingerprint density at radius 2 is 2.25 bits per heavy atom. The lowest BCUT2D eigenvalue weighted by molar-refractivity contribution is 0.302. The van der Waals surface area contributed by atoms with E-state index in [0.717, 1.165) is 6.04 Å². The van der Waals surface area contributed by atoms with Crippen molar-refractivity contribution in [3.05, 3.63) is 0 Å². The maximum atomic E-state index is 3.80. The van der Waals surface area contributed by atoms with E-state index in [1.54, 1.807) is 0 Å². The van der Waals surface area contributed by atoms with E-state index in [0.29, 0.717) is 11.5 Å². The minimum atomic E-state index is 0.526. The summed E-state index contributed by atoms with van der Waals surface area (Å²) in [6.45, 7) is 9.36. The van der Waals surface area contributed by atoms with E-state index >= 15 is 0 Å². The highest BCUT2D eigenvalue weighted by atomic mass is 32.2. The van der Waals surface area contributed by atoms with Gasteiger partial charge in [-0.15, -0.1) is 0 Å². The molecule has 1 rings (SSSR count). The second-order valence-corrected chi connectivity index (χ2v) is 8.06. The minimum absolute atomic E-state index is 0.526. The zero-order valence-electron chi connectivity index (χ0n) is 11.2. The van der Waals surface area contributed by atoms with Crippen molar-refractivity contribution in [1.82, 2.24) is 5.32 Å². The Kier molecular flexibility index (Phi) is 6.60. The van der Waals surface area contributed by atoms with E-state index in [9.17, 15) is 0 Å². The first-order valence-electron chi connectivity index (χ1n) is 6.45. The van der Waals surface area contributed by atoms with Crippen LogP contribution in [-0.4, -0.2) is 35.1 Å². The van der Waals surface area contributed by atoms with Crippen molar-refractivity contribution in [2.24, 2.45) is 5.41 Å². The molecule has 0 aromatic carbocycles. The monoisotopic (exact) mass is 261 g/mol. The van der Waals surface area contributed by atoms with E-state index in [4.69, 9.17) is 0 Å². The van der Waals surface area contributed by atoms with Crippen molar-refractivity contribution in [1.29, 1.82) is 0 Å². The first kappa shape index (κ1) is 14.7. The third-order valence-corrected chi connectivity index (χ3v) is 5.59. The molecule has 96 valence electrons. The molecule has 1 aliphatic rings. The molecule has 1 fully saturated rings. The summed E-state index contributed by atoms with van der Waals surface area (Å²) >= 11 is 4.17. The van der Waals surface area contributed by atoms with Crippen molar-refractivity contribution in [3.8, 4) is 0 Å². The SMILES string of the molecule is CCSCCC(C)NC1CSCC(C)(C)C1. The summed E-state index contributed by atoms with van der Waals surface area (Å²) < 4.78 is 0. The van der Waals surface area contributed by atoms with E-state index in [1.807, 2.05) is 0 Å². The summed E-state index contributed by atoms with van der Waals surface area (Å²) in [7, 11) is 0. The summed E-state index contributed by atoms with van der Waals surface area (Å²) in [4.78, 5) is 0. The third kappa shape index (κ3) is 5.83. The zero-order chi connectivity index (χ0) is 12.0. The highest BCUT2D eigenvalue weighted by Gasteiger charge is 2.28. The Balaban J connectivity index is 2.20. The molecular weight excluding hydrogens is 234 g/mol. The second kappa shape index (κ2) is 7.17. The number of hydrogen-bond acceptors (Lipinski definition) is 3. The standard InChI is InChI=1S/C13H27NS2/c1-5-15-7-6-11(2)14-12-8-13(3,4)10-16-9-12/h11-12,14H,5-10H2,1-4H3. The lowest BCUT2D eigenvalue weighted by Crippen LogP contribution is -2.44. The van der Waals surface area contributed by atoms with Crippen LogP contribution in [0.4, 0.5) is 0 Å². The van der Waals surface area contributed by atoms with Crippen LogP contribution in [0.5, 0.6) is 0 Å². The average Bonchev–Trinajstić information content (AvgIpc) is 2.16. The molecule has 0 aromatic rings. The van der Waals surface area contributed by atoms with Crippen LogP contribution in [0.3, 0.4) is 0 Å². The lowest BCUT2D eigenvalue weighted by Gasteiger charge is -2.36. The van der Waals surface area contributed by atoms with E-state index in [1.165, 1.54) is 35.9 Å². The van der Waals surface area contributed by atoms with Crippen LogP contribution in [0.25, 0.3) is 0 Å². The van der Waals surface area contributed by atoms with Crippen LogP contribution < -0.4 is 5.32 Å².